The molecular weight excluding hydrogens is 467 g/mol. The fourth-order valence-corrected chi connectivity index (χ4v) is 4.84. The molecule has 1 heterocycles. The van der Waals surface area contributed by atoms with Crippen molar-refractivity contribution >= 4 is 50.8 Å². The third-order valence-corrected chi connectivity index (χ3v) is 7.05. The topological polar surface area (TPSA) is 102 Å². The first-order valence-corrected chi connectivity index (χ1v) is 11.6. The molecule has 1 fully saturated rings. The van der Waals surface area contributed by atoms with Crippen LogP contribution in [0.4, 0.5) is 5.69 Å². The van der Waals surface area contributed by atoms with E-state index < -0.39 is 21.9 Å². The number of morpholine rings is 1. The number of amides is 1. The molecule has 2 aromatic rings. The Kier molecular flexibility index (Phi) is 7.55. The van der Waals surface area contributed by atoms with Gasteiger partial charge in [-0.1, -0.05) is 23.2 Å². The zero-order valence-corrected chi connectivity index (χ0v) is 18.9. The van der Waals surface area contributed by atoms with Gasteiger partial charge in [-0.3, -0.25) is 4.79 Å². The fourth-order valence-electron chi connectivity index (χ4n) is 2.94. The molecule has 1 N–H and O–H groups in total. The van der Waals surface area contributed by atoms with E-state index in [0.29, 0.717) is 18.9 Å². The summed E-state index contributed by atoms with van der Waals surface area (Å²) in [4.78, 5) is 24.6. The van der Waals surface area contributed by atoms with Crippen molar-refractivity contribution in [3.05, 3.63) is 57.6 Å². The van der Waals surface area contributed by atoms with Crippen molar-refractivity contribution in [1.82, 2.24) is 4.31 Å². The third kappa shape index (κ3) is 5.36. The summed E-state index contributed by atoms with van der Waals surface area (Å²) in [5.74, 6) is -1.20. The highest BCUT2D eigenvalue weighted by Gasteiger charge is 2.27. The summed E-state index contributed by atoms with van der Waals surface area (Å²) < 4.78 is 37.1. The summed E-state index contributed by atoms with van der Waals surface area (Å²) in [7, 11) is -3.79. The molecule has 0 radical (unpaired) electrons. The molecular formula is C20H20Cl2N2O6S. The molecule has 1 amide bonds. The van der Waals surface area contributed by atoms with Crippen LogP contribution in [0.25, 0.3) is 0 Å². The summed E-state index contributed by atoms with van der Waals surface area (Å²) in [5, 5.41) is 2.80. The second-order valence-electron chi connectivity index (χ2n) is 6.53. The molecule has 31 heavy (non-hydrogen) atoms. The van der Waals surface area contributed by atoms with Gasteiger partial charge in [-0.15, -0.1) is 0 Å². The summed E-state index contributed by atoms with van der Waals surface area (Å²) in [5.41, 5.74) is 0.459. The zero-order valence-electron chi connectivity index (χ0n) is 16.6. The van der Waals surface area contributed by atoms with Crippen LogP contribution in [0, 0.1) is 0 Å². The normalized spacial score (nSPS) is 14.8. The predicted octanol–water partition coefficient (Wildman–Crippen LogP) is 3.44. The Morgan fingerprint density at radius 1 is 1.06 bits per heavy atom. The van der Waals surface area contributed by atoms with Crippen LogP contribution < -0.4 is 5.32 Å². The quantitative estimate of drug-likeness (QED) is 0.627. The van der Waals surface area contributed by atoms with Crippen molar-refractivity contribution in [2.75, 3.05) is 38.2 Å². The van der Waals surface area contributed by atoms with Crippen molar-refractivity contribution < 1.29 is 27.5 Å². The molecule has 166 valence electrons. The number of sulfonamides is 1. The minimum Gasteiger partial charge on any atom is -0.462 e. The van der Waals surface area contributed by atoms with Crippen LogP contribution in [0.15, 0.2) is 41.3 Å². The molecule has 3 rings (SSSR count). The SMILES string of the molecule is CCOC(=O)c1ccc(NC(=O)c2cc(S(=O)(=O)N3CCOCC3)ccc2Cl)cc1Cl. The molecule has 1 saturated heterocycles. The highest BCUT2D eigenvalue weighted by molar-refractivity contribution is 7.89. The molecule has 0 bridgehead atoms. The highest BCUT2D eigenvalue weighted by Crippen LogP contribution is 2.26. The van der Waals surface area contributed by atoms with Gasteiger partial charge in [0.1, 0.15) is 0 Å². The van der Waals surface area contributed by atoms with E-state index in [4.69, 9.17) is 32.7 Å². The summed E-state index contributed by atoms with van der Waals surface area (Å²) in [6.07, 6.45) is 0. The molecule has 1 aliphatic heterocycles. The lowest BCUT2D eigenvalue weighted by molar-refractivity contribution is 0.0526. The first kappa shape index (κ1) is 23.5. The third-order valence-electron chi connectivity index (χ3n) is 4.51. The van der Waals surface area contributed by atoms with E-state index >= 15 is 0 Å². The van der Waals surface area contributed by atoms with E-state index in [-0.39, 0.29) is 45.8 Å². The monoisotopic (exact) mass is 486 g/mol. The summed E-state index contributed by atoms with van der Waals surface area (Å²) >= 11 is 12.3. The Bertz CT molecular complexity index is 1100. The second-order valence-corrected chi connectivity index (χ2v) is 9.28. The number of ether oxygens (including phenoxy) is 2. The number of hydrogen-bond donors (Lipinski definition) is 1. The first-order chi connectivity index (χ1) is 14.7. The molecule has 0 unspecified atom stereocenters. The standard InChI is InChI=1S/C20H20Cl2N2O6S/c1-2-30-20(26)15-5-3-13(11-18(15)22)23-19(25)16-12-14(4-6-17(16)21)31(27,28)24-7-9-29-10-8-24/h3-6,11-12H,2,7-10H2,1H3,(H,23,25). The Morgan fingerprint density at radius 2 is 1.77 bits per heavy atom. The van der Waals surface area contributed by atoms with Crippen LogP contribution >= 0.6 is 23.2 Å². The molecule has 0 aromatic heterocycles. The smallest absolute Gasteiger partial charge is 0.339 e. The second kappa shape index (κ2) is 9.97. The minimum atomic E-state index is -3.79. The van der Waals surface area contributed by atoms with E-state index in [2.05, 4.69) is 5.32 Å². The number of rotatable bonds is 6. The lowest BCUT2D eigenvalue weighted by Gasteiger charge is -2.26. The van der Waals surface area contributed by atoms with Gasteiger partial charge in [-0.25, -0.2) is 13.2 Å². The fraction of sp³-hybridized carbons (Fsp3) is 0.300. The summed E-state index contributed by atoms with van der Waals surface area (Å²) in [6.45, 7) is 2.97. The van der Waals surface area contributed by atoms with Crippen molar-refractivity contribution in [3.63, 3.8) is 0 Å². The maximum absolute atomic E-state index is 12.9. The molecule has 0 saturated carbocycles. The van der Waals surface area contributed by atoms with Crippen LogP contribution in [0.3, 0.4) is 0 Å². The molecule has 0 spiro atoms. The van der Waals surface area contributed by atoms with Crippen LogP contribution in [0.2, 0.25) is 10.0 Å². The van der Waals surface area contributed by atoms with E-state index in [1.165, 1.54) is 40.7 Å². The molecule has 2 aromatic carbocycles. The number of esters is 1. The lowest BCUT2D eigenvalue weighted by atomic mass is 10.1. The van der Waals surface area contributed by atoms with Crippen LogP contribution in [-0.2, 0) is 19.5 Å². The van der Waals surface area contributed by atoms with E-state index in [9.17, 15) is 18.0 Å². The van der Waals surface area contributed by atoms with Crippen molar-refractivity contribution in [3.8, 4) is 0 Å². The van der Waals surface area contributed by atoms with Crippen LogP contribution in [-0.4, -0.2) is 57.5 Å². The van der Waals surface area contributed by atoms with Gasteiger partial charge in [0.25, 0.3) is 5.91 Å². The van der Waals surface area contributed by atoms with E-state index in [0.717, 1.165) is 0 Å². The molecule has 1 aliphatic rings. The van der Waals surface area contributed by atoms with Crippen LogP contribution in [0.1, 0.15) is 27.6 Å². The van der Waals surface area contributed by atoms with Gasteiger partial charge in [-0.2, -0.15) is 4.31 Å². The number of carbonyl (C=O) groups is 2. The largest absolute Gasteiger partial charge is 0.462 e. The van der Waals surface area contributed by atoms with E-state index in [1.807, 2.05) is 0 Å². The van der Waals surface area contributed by atoms with Crippen molar-refractivity contribution in [1.29, 1.82) is 0 Å². The molecule has 8 nitrogen and oxygen atoms in total. The Morgan fingerprint density at radius 3 is 2.42 bits per heavy atom. The number of carbonyl (C=O) groups excluding carboxylic acids is 2. The maximum atomic E-state index is 12.9. The molecule has 0 aliphatic carbocycles. The number of anilines is 1. The predicted molar refractivity (Wildman–Crippen MR) is 116 cm³/mol. The van der Waals surface area contributed by atoms with Crippen LogP contribution in [0.5, 0.6) is 0 Å². The average molecular weight is 487 g/mol. The average Bonchev–Trinajstić information content (AvgIpc) is 2.74. The summed E-state index contributed by atoms with van der Waals surface area (Å²) in [6, 6.07) is 8.26. The minimum absolute atomic E-state index is 0.0124. The van der Waals surface area contributed by atoms with Gasteiger partial charge in [0.15, 0.2) is 0 Å². The Labute approximate surface area is 190 Å². The number of benzene rings is 2. The van der Waals surface area contributed by atoms with Gasteiger partial charge in [0.2, 0.25) is 10.0 Å². The number of nitrogens with one attached hydrogen (secondary N) is 1. The molecule has 0 atom stereocenters. The first-order valence-electron chi connectivity index (χ1n) is 9.39. The van der Waals surface area contributed by atoms with Gasteiger partial charge >= 0.3 is 5.97 Å². The zero-order chi connectivity index (χ0) is 22.6. The van der Waals surface area contributed by atoms with E-state index in [1.54, 1.807) is 6.92 Å². The van der Waals surface area contributed by atoms with Gasteiger partial charge in [0.05, 0.1) is 45.9 Å². The number of nitrogens with zero attached hydrogens (tertiary/aromatic N) is 1. The Hall–Kier alpha value is -2.17. The Balaban J connectivity index is 1.83. The van der Waals surface area contributed by atoms with Crippen molar-refractivity contribution in [2.45, 2.75) is 11.8 Å². The molecule has 11 heteroatoms. The highest BCUT2D eigenvalue weighted by atomic mass is 35.5. The van der Waals surface area contributed by atoms with Gasteiger partial charge < -0.3 is 14.8 Å². The maximum Gasteiger partial charge on any atom is 0.339 e. The van der Waals surface area contributed by atoms with Gasteiger partial charge in [0, 0.05) is 18.8 Å². The number of halogens is 2. The number of hydrogen-bond acceptors (Lipinski definition) is 6. The van der Waals surface area contributed by atoms with Crippen molar-refractivity contribution in [2.24, 2.45) is 0 Å². The lowest BCUT2D eigenvalue weighted by Crippen LogP contribution is -2.40. The van der Waals surface area contributed by atoms with Gasteiger partial charge in [-0.05, 0) is 43.3 Å².